The van der Waals surface area contributed by atoms with Gasteiger partial charge >= 0.3 is 0 Å². The van der Waals surface area contributed by atoms with Crippen molar-refractivity contribution < 1.29 is 4.52 Å². The van der Waals surface area contributed by atoms with Crippen molar-refractivity contribution in [1.29, 1.82) is 0 Å². The van der Waals surface area contributed by atoms with Crippen LogP contribution in [0.25, 0.3) is 0 Å². The minimum Gasteiger partial charge on any atom is -0.215 e. The molecule has 0 radical (unpaired) electrons. The molecule has 1 heterocycles. The summed E-state index contributed by atoms with van der Waals surface area (Å²) in [5.41, 5.74) is 1.21. The minimum atomic E-state index is -2.45. The highest BCUT2D eigenvalue weighted by molar-refractivity contribution is 7.84. The van der Waals surface area contributed by atoms with Crippen molar-refractivity contribution >= 4 is 41.5 Å². The molecule has 0 fully saturated rings. The van der Waals surface area contributed by atoms with Crippen molar-refractivity contribution in [1.82, 2.24) is 0 Å². The normalized spacial score (nSPS) is 15.6. The maximum absolute atomic E-state index is 5.57. The Hall–Kier alpha value is -3.77. The average Bonchev–Trinajstić information content (AvgIpc) is 2.99. The van der Waals surface area contributed by atoms with E-state index in [1.165, 1.54) is 26.8 Å². The predicted octanol–water partition coefficient (Wildman–Crippen LogP) is 5.26. The van der Waals surface area contributed by atoms with Crippen LogP contribution >= 0.6 is 14.4 Å². The van der Waals surface area contributed by atoms with Crippen molar-refractivity contribution in [2.45, 2.75) is 6.42 Å². The molecule has 1 aliphatic heterocycles. The molecule has 0 amide bonds. The smallest absolute Gasteiger partial charge is 0.215 e. The van der Waals surface area contributed by atoms with Crippen LogP contribution in [0.4, 0.5) is 0 Å². The van der Waals surface area contributed by atoms with Crippen molar-refractivity contribution in [3.8, 4) is 0 Å². The van der Waals surface area contributed by atoms with E-state index < -0.39 is 14.4 Å². The summed E-state index contributed by atoms with van der Waals surface area (Å²) >= 11 is 0. The van der Waals surface area contributed by atoms with E-state index in [9.17, 15) is 0 Å². The van der Waals surface area contributed by atoms with Crippen molar-refractivity contribution in [3.63, 3.8) is 0 Å². The van der Waals surface area contributed by atoms with Gasteiger partial charge in [-0.3, -0.25) is 0 Å². The second kappa shape index (κ2) is 10.3. The molecule has 37 heavy (non-hydrogen) atoms. The SMILES string of the molecule is c1ccc(CC2=NP(c3ccccc3)(c3ccccc3)=[NH+]P(c3ccccc3)(c3ccccc3)=N2)cc1. The number of hydrogen-bond donors (Lipinski definition) is 1. The van der Waals surface area contributed by atoms with Crippen LogP contribution in [-0.2, 0) is 6.42 Å². The van der Waals surface area contributed by atoms with Crippen LogP contribution in [0.5, 0.6) is 0 Å². The van der Waals surface area contributed by atoms with Gasteiger partial charge in [-0.15, -0.1) is 0 Å². The van der Waals surface area contributed by atoms with E-state index in [0.29, 0.717) is 6.42 Å². The quantitative estimate of drug-likeness (QED) is 0.299. The molecule has 0 aromatic heterocycles. The van der Waals surface area contributed by atoms with Gasteiger partial charge in [0.15, 0.2) is 0 Å². The Morgan fingerprint density at radius 3 is 1.27 bits per heavy atom. The number of amidine groups is 1. The molecule has 0 atom stereocenters. The summed E-state index contributed by atoms with van der Waals surface area (Å²) in [4.78, 5) is 0. The molecule has 0 saturated heterocycles. The molecule has 180 valence electrons. The minimum absolute atomic E-state index is 0.686. The van der Waals surface area contributed by atoms with Crippen LogP contribution < -0.4 is 25.7 Å². The van der Waals surface area contributed by atoms with Crippen LogP contribution in [0.2, 0.25) is 0 Å². The predicted molar refractivity (Wildman–Crippen MR) is 159 cm³/mol. The number of hydrogen-bond acceptors (Lipinski definition) is 2. The highest BCUT2D eigenvalue weighted by Crippen LogP contribution is 2.50. The van der Waals surface area contributed by atoms with Crippen LogP contribution in [-0.4, -0.2) is 5.84 Å². The molecule has 0 unspecified atom stereocenters. The number of nitrogens with one attached hydrogen (secondary N) is 1. The molecular weight excluding hydrogens is 488 g/mol. The maximum atomic E-state index is 5.57. The fourth-order valence-electron chi connectivity index (χ4n) is 4.80. The lowest BCUT2D eigenvalue weighted by Gasteiger charge is -2.27. The van der Waals surface area contributed by atoms with Gasteiger partial charge in [-0.1, -0.05) is 103 Å². The Balaban J connectivity index is 1.76. The third kappa shape index (κ3) is 4.58. The first-order chi connectivity index (χ1) is 18.3. The molecule has 1 N–H and O–H groups in total. The molecule has 0 bridgehead atoms. The summed E-state index contributed by atoms with van der Waals surface area (Å²) in [5.74, 6) is 0.895. The Labute approximate surface area is 218 Å². The van der Waals surface area contributed by atoms with E-state index in [-0.39, 0.29) is 0 Å². The van der Waals surface area contributed by atoms with Gasteiger partial charge in [-0.05, 0) is 54.1 Å². The van der Waals surface area contributed by atoms with Gasteiger partial charge in [0.1, 0.15) is 5.84 Å². The third-order valence-electron chi connectivity index (χ3n) is 6.54. The molecule has 6 rings (SSSR count). The molecule has 0 saturated carbocycles. The molecule has 1 aliphatic rings. The van der Waals surface area contributed by atoms with Gasteiger partial charge < -0.3 is 0 Å². The lowest BCUT2D eigenvalue weighted by Crippen LogP contribution is -2.69. The zero-order chi connectivity index (χ0) is 25.0. The van der Waals surface area contributed by atoms with E-state index in [0.717, 1.165) is 5.84 Å². The Morgan fingerprint density at radius 1 is 0.459 bits per heavy atom. The highest BCUT2D eigenvalue weighted by atomic mass is 31.2. The van der Waals surface area contributed by atoms with Gasteiger partial charge in [0.25, 0.3) is 14.4 Å². The van der Waals surface area contributed by atoms with E-state index in [1.807, 2.05) is 0 Å². The zero-order valence-corrected chi connectivity index (χ0v) is 22.2. The topological polar surface area (TPSA) is 38.7 Å². The summed E-state index contributed by atoms with van der Waals surface area (Å²) in [5, 5.41) is 4.83. The zero-order valence-electron chi connectivity index (χ0n) is 20.4. The third-order valence-corrected chi connectivity index (χ3v) is 14.1. The van der Waals surface area contributed by atoms with Crippen molar-refractivity contribution in [3.05, 3.63) is 157 Å². The van der Waals surface area contributed by atoms with E-state index >= 15 is 0 Å². The fourth-order valence-corrected chi connectivity index (χ4v) is 13.2. The van der Waals surface area contributed by atoms with Crippen molar-refractivity contribution in [2.24, 2.45) is 9.51 Å². The summed E-state index contributed by atoms with van der Waals surface area (Å²) in [6.45, 7) is 0. The largest absolute Gasteiger partial charge is 0.268 e. The van der Waals surface area contributed by atoms with Crippen molar-refractivity contribution in [2.75, 3.05) is 0 Å². The van der Waals surface area contributed by atoms with Crippen LogP contribution in [0.15, 0.2) is 161 Å². The molecule has 3 nitrogen and oxygen atoms in total. The first kappa shape index (κ1) is 23.6. The van der Waals surface area contributed by atoms with Gasteiger partial charge in [-0.25, -0.2) is 4.52 Å². The lowest BCUT2D eigenvalue weighted by molar-refractivity contribution is -0.236. The van der Waals surface area contributed by atoms with Crippen LogP contribution in [0.3, 0.4) is 0 Å². The van der Waals surface area contributed by atoms with Gasteiger partial charge in [-0.2, -0.15) is 9.51 Å². The van der Waals surface area contributed by atoms with E-state index in [4.69, 9.17) is 9.51 Å². The molecule has 5 aromatic rings. The second-order valence-electron chi connectivity index (χ2n) is 8.99. The molecule has 0 spiro atoms. The molecule has 0 aliphatic carbocycles. The van der Waals surface area contributed by atoms with E-state index in [1.54, 1.807) is 0 Å². The number of benzene rings is 5. The van der Waals surface area contributed by atoms with Gasteiger partial charge in [0.2, 0.25) is 0 Å². The summed E-state index contributed by atoms with van der Waals surface area (Å²) in [6.07, 6.45) is 0.686. The standard InChI is InChI=1S/C32H27N3P2/c1-6-16-27(17-7-1)26-32-33-36(28-18-8-2-9-19-28,29-20-10-3-11-21-29)35-37(34-32,30-22-12-4-13-23-30)31-24-14-5-15-25-31/h1-25H,26H2/p+1. The summed E-state index contributed by atoms with van der Waals surface area (Å²) < 4.78 is 15.4. The molecule has 5 aromatic carbocycles. The maximum Gasteiger partial charge on any atom is 0.268 e. The molecular formula is C32H28N3P2+. The summed E-state index contributed by atoms with van der Waals surface area (Å²) in [6, 6.07) is 53.5. The fraction of sp³-hybridized carbons (Fsp3) is 0.0312. The van der Waals surface area contributed by atoms with Gasteiger partial charge in [0.05, 0.1) is 21.2 Å². The summed E-state index contributed by atoms with van der Waals surface area (Å²) in [7, 11) is -4.89. The molecule has 5 heteroatoms. The van der Waals surface area contributed by atoms with Crippen LogP contribution in [0, 0.1) is 0 Å². The Kier molecular flexibility index (Phi) is 6.58. The number of rotatable bonds is 6. The highest BCUT2D eigenvalue weighted by Gasteiger charge is 2.42. The number of nitrogens with zero attached hydrogens (tertiary/aromatic N) is 2. The van der Waals surface area contributed by atoms with E-state index in [2.05, 4.69) is 156 Å². The first-order valence-corrected chi connectivity index (χ1v) is 15.9. The Bertz CT molecular complexity index is 1460. The first-order valence-electron chi connectivity index (χ1n) is 12.4. The Morgan fingerprint density at radius 2 is 0.838 bits per heavy atom. The van der Waals surface area contributed by atoms with Gasteiger partial charge in [0, 0.05) is 6.42 Å². The average molecular weight is 517 g/mol. The second-order valence-corrected chi connectivity index (χ2v) is 14.8. The van der Waals surface area contributed by atoms with Crippen LogP contribution in [0.1, 0.15) is 5.56 Å². The lowest BCUT2D eigenvalue weighted by atomic mass is 10.1. The monoisotopic (exact) mass is 516 g/mol.